The summed E-state index contributed by atoms with van der Waals surface area (Å²) in [5, 5.41) is 19.0. The average Bonchev–Trinajstić information content (AvgIpc) is 2.08. The minimum atomic E-state index is -1.24. The molecule has 0 heterocycles. The van der Waals surface area contributed by atoms with Crippen LogP contribution in [0.25, 0.3) is 0 Å². The Labute approximate surface area is 91.6 Å². The summed E-state index contributed by atoms with van der Waals surface area (Å²) in [6.45, 7) is 0. The highest BCUT2D eigenvalue weighted by atomic mass is 79.9. The van der Waals surface area contributed by atoms with Gasteiger partial charge in [0.1, 0.15) is 5.02 Å². The van der Waals surface area contributed by atoms with Crippen LogP contribution in [-0.4, -0.2) is 16.0 Å². The lowest BCUT2D eigenvalue weighted by molar-refractivity contribution is -0.384. The number of rotatable bonds is 2. The van der Waals surface area contributed by atoms with Gasteiger partial charge in [-0.1, -0.05) is 11.6 Å². The molecule has 0 bridgehead atoms. The Morgan fingerprint density at radius 3 is 2.57 bits per heavy atom. The maximum Gasteiger partial charge on any atom is 0.335 e. The van der Waals surface area contributed by atoms with E-state index in [9.17, 15) is 14.9 Å². The summed E-state index contributed by atoms with van der Waals surface area (Å²) in [6, 6.07) is 2.12. The van der Waals surface area contributed by atoms with Gasteiger partial charge < -0.3 is 5.11 Å². The van der Waals surface area contributed by atoms with Crippen LogP contribution in [0.2, 0.25) is 5.02 Å². The highest BCUT2D eigenvalue weighted by molar-refractivity contribution is 9.10. The van der Waals surface area contributed by atoms with Crippen LogP contribution in [0.3, 0.4) is 0 Å². The highest BCUT2D eigenvalue weighted by Crippen LogP contribution is 2.33. The Morgan fingerprint density at radius 2 is 2.14 bits per heavy atom. The number of hydrogen-bond donors (Lipinski definition) is 1. The number of nitro benzene ring substituents is 1. The summed E-state index contributed by atoms with van der Waals surface area (Å²) in [6.07, 6.45) is 0. The molecule has 7 heteroatoms. The SMILES string of the molecule is O=C(O)c1cc(Br)c(Cl)c([N+](=O)[O-])c1. The van der Waals surface area contributed by atoms with Crippen LogP contribution in [0.15, 0.2) is 16.6 Å². The zero-order chi connectivity index (χ0) is 10.9. The lowest BCUT2D eigenvalue weighted by Crippen LogP contribution is -1.99. The third kappa shape index (κ3) is 2.02. The van der Waals surface area contributed by atoms with Gasteiger partial charge in [0.2, 0.25) is 0 Å². The maximum absolute atomic E-state index is 10.6. The number of carboxylic acids is 1. The predicted octanol–water partition coefficient (Wildman–Crippen LogP) is 2.71. The van der Waals surface area contributed by atoms with E-state index < -0.39 is 16.6 Å². The predicted molar refractivity (Wildman–Crippen MR) is 52.8 cm³/mol. The molecule has 74 valence electrons. The molecule has 0 amide bonds. The minimum absolute atomic E-state index is 0.111. The first kappa shape index (κ1) is 10.9. The van der Waals surface area contributed by atoms with E-state index in [0.717, 1.165) is 6.07 Å². The molecule has 0 aliphatic heterocycles. The first-order chi connectivity index (χ1) is 6.43. The molecule has 0 saturated carbocycles. The first-order valence-electron chi connectivity index (χ1n) is 3.30. The van der Waals surface area contributed by atoms with Crippen LogP contribution in [0, 0.1) is 10.1 Å². The fraction of sp³-hybridized carbons (Fsp3) is 0. The van der Waals surface area contributed by atoms with Crippen LogP contribution in [0.4, 0.5) is 5.69 Å². The van der Waals surface area contributed by atoms with Crippen molar-refractivity contribution in [1.29, 1.82) is 0 Å². The molecule has 0 radical (unpaired) electrons. The molecule has 0 saturated heterocycles. The normalized spacial score (nSPS) is 9.86. The Bertz CT molecular complexity index is 420. The Hall–Kier alpha value is -1.14. The standard InChI is InChI=1S/C7H3BrClNO4/c8-4-1-3(7(11)12)2-5(6(4)9)10(13)14/h1-2H,(H,11,12). The number of nitrogens with zero attached hydrogens (tertiary/aromatic N) is 1. The number of carboxylic acid groups (broad SMARTS) is 1. The van der Waals surface area contributed by atoms with E-state index in [4.69, 9.17) is 16.7 Å². The molecule has 1 aromatic carbocycles. The van der Waals surface area contributed by atoms with E-state index in [0.29, 0.717) is 0 Å². The summed E-state index contributed by atoms with van der Waals surface area (Å²) in [5.41, 5.74) is -0.619. The Morgan fingerprint density at radius 1 is 1.57 bits per heavy atom. The smallest absolute Gasteiger partial charge is 0.335 e. The quantitative estimate of drug-likeness (QED) is 0.667. The number of carbonyl (C=O) groups is 1. The molecule has 1 aromatic rings. The second kappa shape index (κ2) is 3.93. The molecule has 0 aliphatic rings. The van der Waals surface area contributed by atoms with Crippen LogP contribution < -0.4 is 0 Å². The molecule has 0 fully saturated rings. The number of hydrogen-bond acceptors (Lipinski definition) is 3. The molecule has 0 unspecified atom stereocenters. The molecule has 0 aliphatic carbocycles. The molecule has 1 N–H and O–H groups in total. The average molecular weight is 280 g/mol. The summed E-state index contributed by atoms with van der Waals surface area (Å²) in [5.74, 6) is -1.24. The van der Waals surface area contributed by atoms with Crippen molar-refractivity contribution in [2.75, 3.05) is 0 Å². The van der Waals surface area contributed by atoms with Crippen molar-refractivity contribution in [3.8, 4) is 0 Å². The monoisotopic (exact) mass is 279 g/mol. The first-order valence-corrected chi connectivity index (χ1v) is 4.47. The van der Waals surface area contributed by atoms with E-state index in [1.54, 1.807) is 0 Å². The van der Waals surface area contributed by atoms with E-state index in [2.05, 4.69) is 15.9 Å². The molecule has 0 atom stereocenters. The van der Waals surface area contributed by atoms with Gasteiger partial charge in [0.25, 0.3) is 5.69 Å². The molecule has 0 aromatic heterocycles. The molecular formula is C7H3BrClNO4. The zero-order valence-corrected chi connectivity index (χ0v) is 8.87. The second-order valence-electron chi connectivity index (χ2n) is 2.35. The molecule has 1 rings (SSSR count). The van der Waals surface area contributed by atoms with Crippen LogP contribution in [-0.2, 0) is 0 Å². The number of aromatic carboxylic acids is 1. The largest absolute Gasteiger partial charge is 0.478 e. The van der Waals surface area contributed by atoms with Gasteiger partial charge in [-0.3, -0.25) is 10.1 Å². The third-order valence-electron chi connectivity index (χ3n) is 1.45. The van der Waals surface area contributed by atoms with Gasteiger partial charge in [-0.2, -0.15) is 0 Å². The summed E-state index contributed by atoms with van der Waals surface area (Å²) < 4.78 is 0.186. The van der Waals surface area contributed by atoms with E-state index in [-0.39, 0.29) is 15.1 Å². The molecule has 5 nitrogen and oxygen atoms in total. The molecule has 0 spiro atoms. The number of benzene rings is 1. The Balaban J connectivity index is 3.43. The van der Waals surface area contributed by atoms with E-state index in [1.165, 1.54) is 6.07 Å². The number of nitro groups is 1. The van der Waals surface area contributed by atoms with Crippen molar-refractivity contribution in [3.63, 3.8) is 0 Å². The zero-order valence-electron chi connectivity index (χ0n) is 6.53. The lowest BCUT2D eigenvalue weighted by atomic mass is 10.2. The lowest BCUT2D eigenvalue weighted by Gasteiger charge is -2.00. The van der Waals surface area contributed by atoms with Gasteiger partial charge in [0, 0.05) is 10.5 Å². The van der Waals surface area contributed by atoms with Crippen LogP contribution >= 0.6 is 27.5 Å². The second-order valence-corrected chi connectivity index (χ2v) is 3.59. The Kier molecular flexibility index (Phi) is 3.07. The van der Waals surface area contributed by atoms with Crippen LogP contribution in [0.5, 0.6) is 0 Å². The third-order valence-corrected chi connectivity index (χ3v) is 2.70. The van der Waals surface area contributed by atoms with Gasteiger partial charge in [-0.05, 0) is 22.0 Å². The fourth-order valence-corrected chi connectivity index (χ4v) is 1.46. The van der Waals surface area contributed by atoms with Crippen molar-refractivity contribution < 1.29 is 14.8 Å². The topological polar surface area (TPSA) is 80.4 Å². The van der Waals surface area contributed by atoms with Crippen molar-refractivity contribution in [2.45, 2.75) is 0 Å². The van der Waals surface area contributed by atoms with Crippen LogP contribution in [0.1, 0.15) is 10.4 Å². The van der Waals surface area contributed by atoms with E-state index >= 15 is 0 Å². The van der Waals surface area contributed by atoms with Gasteiger partial charge >= 0.3 is 5.97 Å². The van der Waals surface area contributed by atoms with Crippen molar-refractivity contribution in [1.82, 2.24) is 0 Å². The summed E-state index contributed by atoms with van der Waals surface area (Å²) in [7, 11) is 0. The maximum atomic E-state index is 10.6. The number of halogens is 2. The van der Waals surface area contributed by atoms with Gasteiger partial charge in [0.15, 0.2) is 0 Å². The molecule has 14 heavy (non-hydrogen) atoms. The summed E-state index contributed by atoms with van der Waals surface area (Å²) in [4.78, 5) is 20.3. The van der Waals surface area contributed by atoms with E-state index in [1.807, 2.05) is 0 Å². The minimum Gasteiger partial charge on any atom is -0.478 e. The van der Waals surface area contributed by atoms with Gasteiger partial charge in [-0.25, -0.2) is 4.79 Å². The van der Waals surface area contributed by atoms with Crippen molar-refractivity contribution in [2.24, 2.45) is 0 Å². The van der Waals surface area contributed by atoms with Gasteiger partial charge in [0.05, 0.1) is 10.5 Å². The fourth-order valence-electron chi connectivity index (χ4n) is 0.831. The van der Waals surface area contributed by atoms with Crippen molar-refractivity contribution >= 4 is 39.2 Å². The highest BCUT2D eigenvalue weighted by Gasteiger charge is 2.19. The molecular weight excluding hydrogens is 277 g/mol. The summed E-state index contributed by atoms with van der Waals surface area (Å²) >= 11 is 8.52. The van der Waals surface area contributed by atoms with Crippen molar-refractivity contribution in [3.05, 3.63) is 37.3 Å². The van der Waals surface area contributed by atoms with Gasteiger partial charge in [-0.15, -0.1) is 0 Å².